The monoisotopic (exact) mass is 255 g/mol. The van der Waals surface area contributed by atoms with E-state index in [2.05, 4.69) is 10.3 Å². The summed E-state index contributed by atoms with van der Waals surface area (Å²) in [6.45, 7) is 1.54. The molecule has 1 atom stereocenters. The van der Waals surface area contributed by atoms with Crippen molar-refractivity contribution in [1.82, 2.24) is 10.2 Å². The maximum absolute atomic E-state index is 11.8. The molecular formula is C10H17N5O3. The molecule has 8 heteroatoms. The number of guanidine groups is 1. The van der Waals surface area contributed by atoms with Gasteiger partial charge in [0.1, 0.15) is 11.8 Å². The molecule has 1 saturated heterocycles. The first-order valence-electron chi connectivity index (χ1n) is 5.58. The van der Waals surface area contributed by atoms with Crippen LogP contribution in [0.25, 0.3) is 0 Å². The number of nitrogens with two attached hydrogens (primary N) is 2. The van der Waals surface area contributed by atoms with E-state index in [4.69, 9.17) is 11.5 Å². The molecule has 0 aromatic rings. The SMILES string of the molecule is CC(=O)CN1C(=O)N[C@@H](CCCN=C(N)N)C1=O. The summed E-state index contributed by atoms with van der Waals surface area (Å²) >= 11 is 0. The minimum absolute atomic E-state index is 0.00464. The van der Waals surface area contributed by atoms with Gasteiger partial charge in [0.2, 0.25) is 0 Å². The first kappa shape index (κ1) is 13.9. The first-order chi connectivity index (χ1) is 8.41. The van der Waals surface area contributed by atoms with Gasteiger partial charge in [-0.1, -0.05) is 0 Å². The van der Waals surface area contributed by atoms with Gasteiger partial charge in [-0.05, 0) is 19.8 Å². The summed E-state index contributed by atoms with van der Waals surface area (Å²) in [7, 11) is 0. The summed E-state index contributed by atoms with van der Waals surface area (Å²) in [5, 5.41) is 2.52. The largest absolute Gasteiger partial charge is 0.370 e. The topological polar surface area (TPSA) is 131 Å². The number of urea groups is 1. The van der Waals surface area contributed by atoms with Gasteiger partial charge in [-0.25, -0.2) is 4.79 Å². The third-order valence-electron chi connectivity index (χ3n) is 2.43. The van der Waals surface area contributed by atoms with Crippen molar-refractivity contribution in [3.63, 3.8) is 0 Å². The number of hydrogen-bond acceptors (Lipinski definition) is 4. The fourth-order valence-corrected chi connectivity index (χ4v) is 1.65. The zero-order valence-corrected chi connectivity index (χ0v) is 10.2. The zero-order chi connectivity index (χ0) is 13.7. The van der Waals surface area contributed by atoms with E-state index >= 15 is 0 Å². The molecule has 5 N–H and O–H groups in total. The van der Waals surface area contributed by atoms with Gasteiger partial charge < -0.3 is 16.8 Å². The van der Waals surface area contributed by atoms with Crippen LogP contribution in [-0.2, 0) is 9.59 Å². The fourth-order valence-electron chi connectivity index (χ4n) is 1.65. The van der Waals surface area contributed by atoms with E-state index in [1.54, 1.807) is 0 Å². The number of aliphatic imine (C=N–C) groups is 1. The highest BCUT2D eigenvalue weighted by Gasteiger charge is 2.37. The van der Waals surface area contributed by atoms with Crippen molar-refractivity contribution in [3.8, 4) is 0 Å². The van der Waals surface area contributed by atoms with Crippen molar-refractivity contribution in [3.05, 3.63) is 0 Å². The summed E-state index contributed by atoms with van der Waals surface area (Å²) in [5.41, 5.74) is 10.3. The molecule has 0 aliphatic carbocycles. The van der Waals surface area contributed by atoms with E-state index < -0.39 is 12.1 Å². The summed E-state index contributed by atoms with van der Waals surface area (Å²) < 4.78 is 0. The minimum atomic E-state index is -0.592. The average Bonchev–Trinajstić information content (AvgIpc) is 2.51. The van der Waals surface area contributed by atoms with Gasteiger partial charge >= 0.3 is 6.03 Å². The lowest BCUT2D eigenvalue weighted by Crippen LogP contribution is -2.35. The number of Topliss-reactive ketones (excluding diaryl/α,β-unsaturated/α-hetero) is 1. The van der Waals surface area contributed by atoms with Gasteiger partial charge in [-0.15, -0.1) is 0 Å². The molecule has 1 aliphatic rings. The maximum Gasteiger partial charge on any atom is 0.325 e. The second-order valence-corrected chi connectivity index (χ2v) is 4.08. The minimum Gasteiger partial charge on any atom is -0.370 e. The molecule has 18 heavy (non-hydrogen) atoms. The van der Waals surface area contributed by atoms with Gasteiger partial charge in [0.15, 0.2) is 5.96 Å². The number of carbonyl (C=O) groups is 3. The lowest BCUT2D eigenvalue weighted by atomic mass is 10.1. The molecule has 0 aromatic heterocycles. The Hall–Kier alpha value is -2.12. The molecule has 0 aromatic carbocycles. The van der Waals surface area contributed by atoms with Crippen molar-refractivity contribution >= 4 is 23.7 Å². The zero-order valence-electron chi connectivity index (χ0n) is 10.2. The standard InChI is InChI=1S/C10H17N5O3/c1-6(16)5-15-8(17)7(14-10(15)18)3-2-4-13-9(11)12/h7H,2-5H2,1H3,(H,14,18)(H4,11,12,13)/t7-/m0/s1. The Morgan fingerprint density at radius 3 is 2.67 bits per heavy atom. The number of amides is 3. The molecule has 8 nitrogen and oxygen atoms in total. The molecule has 0 spiro atoms. The van der Waals surface area contributed by atoms with Crippen molar-refractivity contribution in [2.75, 3.05) is 13.1 Å². The highest BCUT2D eigenvalue weighted by atomic mass is 16.2. The summed E-state index contributed by atoms with van der Waals surface area (Å²) in [4.78, 5) is 38.8. The van der Waals surface area contributed by atoms with Crippen LogP contribution in [0.4, 0.5) is 4.79 Å². The van der Waals surface area contributed by atoms with Crippen LogP contribution < -0.4 is 16.8 Å². The van der Waals surface area contributed by atoms with Gasteiger partial charge in [-0.2, -0.15) is 0 Å². The average molecular weight is 255 g/mol. The Labute approximate surface area is 104 Å². The van der Waals surface area contributed by atoms with Crippen LogP contribution in [0.3, 0.4) is 0 Å². The van der Waals surface area contributed by atoms with Gasteiger partial charge in [-0.3, -0.25) is 19.5 Å². The van der Waals surface area contributed by atoms with E-state index in [-0.39, 0.29) is 24.2 Å². The predicted octanol–water partition coefficient (Wildman–Crippen LogP) is -1.45. The van der Waals surface area contributed by atoms with Crippen LogP contribution in [0.5, 0.6) is 0 Å². The summed E-state index contributed by atoms with van der Waals surface area (Å²) in [6, 6.07) is -1.12. The fraction of sp³-hybridized carbons (Fsp3) is 0.600. The molecule has 0 bridgehead atoms. The predicted molar refractivity (Wildman–Crippen MR) is 64.6 cm³/mol. The van der Waals surface area contributed by atoms with Gasteiger partial charge in [0.05, 0.1) is 6.54 Å². The lowest BCUT2D eigenvalue weighted by Gasteiger charge is -2.10. The van der Waals surface area contributed by atoms with Crippen LogP contribution in [0.15, 0.2) is 4.99 Å². The molecular weight excluding hydrogens is 238 g/mol. The number of ketones is 1. The van der Waals surface area contributed by atoms with Gasteiger partial charge in [0, 0.05) is 6.54 Å². The van der Waals surface area contributed by atoms with Crippen LogP contribution >= 0.6 is 0 Å². The smallest absolute Gasteiger partial charge is 0.325 e. The van der Waals surface area contributed by atoms with E-state index in [1.807, 2.05) is 0 Å². The Balaban J connectivity index is 2.45. The molecule has 1 aliphatic heterocycles. The van der Waals surface area contributed by atoms with E-state index in [0.29, 0.717) is 19.4 Å². The normalized spacial score (nSPS) is 18.7. The molecule has 0 radical (unpaired) electrons. The van der Waals surface area contributed by atoms with Crippen LogP contribution in [0.2, 0.25) is 0 Å². The van der Waals surface area contributed by atoms with Gasteiger partial charge in [0.25, 0.3) is 5.91 Å². The third kappa shape index (κ3) is 3.72. The Bertz CT molecular complexity index is 389. The van der Waals surface area contributed by atoms with Crippen molar-refractivity contribution in [1.29, 1.82) is 0 Å². The summed E-state index contributed by atoms with van der Waals surface area (Å²) in [6.07, 6.45) is 1.01. The first-order valence-corrected chi connectivity index (χ1v) is 5.58. The van der Waals surface area contributed by atoms with E-state index in [9.17, 15) is 14.4 Å². The Morgan fingerprint density at radius 2 is 2.11 bits per heavy atom. The van der Waals surface area contributed by atoms with E-state index in [0.717, 1.165) is 4.90 Å². The van der Waals surface area contributed by atoms with Crippen LogP contribution in [-0.4, -0.2) is 47.7 Å². The molecule has 1 fully saturated rings. The number of hydrogen-bond donors (Lipinski definition) is 3. The number of imide groups is 1. The highest BCUT2D eigenvalue weighted by Crippen LogP contribution is 2.11. The Kier molecular flexibility index (Phi) is 4.64. The number of nitrogens with zero attached hydrogens (tertiary/aromatic N) is 2. The lowest BCUT2D eigenvalue weighted by molar-refractivity contribution is -0.131. The maximum atomic E-state index is 11.8. The second kappa shape index (κ2) is 5.99. The van der Waals surface area contributed by atoms with Crippen LogP contribution in [0, 0.1) is 0 Å². The number of nitrogens with one attached hydrogen (secondary N) is 1. The molecule has 0 unspecified atom stereocenters. The molecule has 3 amide bonds. The van der Waals surface area contributed by atoms with E-state index in [1.165, 1.54) is 6.92 Å². The molecule has 100 valence electrons. The molecule has 1 rings (SSSR count). The molecule has 1 heterocycles. The third-order valence-corrected chi connectivity index (χ3v) is 2.43. The van der Waals surface area contributed by atoms with Crippen molar-refractivity contribution in [2.24, 2.45) is 16.5 Å². The molecule has 0 saturated carbocycles. The Morgan fingerprint density at radius 1 is 1.44 bits per heavy atom. The van der Waals surface area contributed by atoms with Crippen molar-refractivity contribution < 1.29 is 14.4 Å². The number of carbonyl (C=O) groups excluding carboxylic acids is 3. The van der Waals surface area contributed by atoms with Crippen molar-refractivity contribution in [2.45, 2.75) is 25.8 Å². The second-order valence-electron chi connectivity index (χ2n) is 4.08. The quantitative estimate of drug-likeness (QED) is 0.231. The summed E-state index contributed by atoms with van der Waals surface area (Å²) in [5.74, 6) is -0.616. The highest BCUT2D eigenvalue weighted by molar-refractivity contribution is 6.06. The van der Waals surface area contributed by atoms with Crippen LogP contribution in [0.1, 0.15) is 19.8 Å². The number of rotatable bonds is 6.